The highest BCUT2D eigenvalue weighted by Gasteiger charge is 2.12. The summed E-state index contributed by atoms with van der Waals surface area (Å²) in [5, 5.41) is 3.05. The van der Waals surface area contributed by atoms with Gasteiger partial charge in [0.1, 0.15) is 5.82 Å². The molecule has 7 heteroatoms. The molecule has 1 aromatic heterocycles. The van der Waals surface area contributed by atoms with Crippen LogP contribution in [-0.2, 0) is 0 Å². The lowest BCUT2D eigenvalue weighted by molar-refractivity contribution is 0.252. The summed E-state index contributed by atoms with van der Waals surface area (Å²) in [6, 6.07) is 6.85. The monoisotopic (exact) mass is 359 g/mol. The topological polar surface area (TPSA) is 50.9 Å². The van der Waals surface area contributed by atoms with Gasteiger partial charge in [0.15, 0.2) is 0 Å². The maximum Gasteiger partial charge on any atom is 0.288 e. The number of nitrogens with one attached hydrogen (secondary N) is 1. The van der Waals surface area contributed by atoms with E-state index < -0.39 is 5.76 Å². The zero-order valence-corrected chi connectivity index (χ0v) is 12.9. The van der Waals surface area contributed by atoms with E-state index in [-0.39, 0.29) is 0 Å². The zero-order chi connectivity index (χ0) is 14.7. The third-order valence-electron chi connectivity index (χ3n) is 2.66. The van der Waals surface area contributed by atoms with Crippen molar-refractivity contribution in [2.24, 2.45) is 0 Å². The first-order chi connectivity index (χ1) is 9.49. The molecule has 0 aliphatic rings. The molecule has 1 aromatic carbocycles. The molecule has 0 atom stereocenters. The van der Waals surface area contributed by atoms with Crippen LogP contribution in [0.15, 0.2) is 39.8 Å². The molecule has 1 heterocycles. The van der Waals surface area contributed by atoms with Crippen LogP contribution in [0.4, 0.5) is 26.0 Å². The van der Waals surface area contributed by atoms with Crippen LogP contribution in [0, 0.1) is 6.92 Å². The maximum absolute atomic E-state index is 12.5. The highest BCUT2D eigenvalue weighted by molar-refractivity contribution is 9.10. The first kappa shape index (κ1) is 15.1. The lowest BCUT2D eigenvalue weighted by Crippen LogP contribution is -2.00. The minimum absolute atomic E-state index is 0.464. The molecule has 2 aromatic rings. The van der Waals surface area contributed by atoms with Gasteiger partial charge in [0.25, 0.3) is 5.76 Å². The Hall–Kier alpha value is -1.34. The van der Waals surface area contributed by atoms with E-state index in [1.165, 1.54) is 6.20 Å². The summed E-state index contributed by atoms with van der Waals surface area (Å²) in [5.41, 5.74) is 7.75. The van der Waals surface area contributed by atoms with Gasteiger partial charge in [0.05, 0.1) is 22.0 Å². The maximum atomic E-state index is 12.5. The summed E-state index contributed by atoms with van der Waals surface area (Å²) in [6.07, 6.45) is 1.53. The Kier molecular flexibility index (Phi) is 4.82. The van der Waals surface area contributed by atoms with E-state index in [9.17, 15) is 8.78 Å². The Morgan fingerprint density at radius 1 is 1.35 bits per heavy atom. The van der Waals surface area contributed by atoms with Gasteiger partial charge in [0, 0.05) is 4.90 Å². The molecule has 0 unspecified atom stereocenters. The van der Waals surface area contributed by atoms with Crippen molar-refractivity contribution in [3.8, 4) is 0 Å². The number of nitrogen functional groups attached to an aromatic ring is 1. The number of anilines is 3. The molecule has 0 fully saturated rings. The Labute approximate surface area is 128 Å². The van der Waals surface area contributed by atoms with E-state index in [0.717, 1.165) is 5.56 Å². The number of hydrogen-bond donors (Lipinski definition) is 2. The van der Waals surface area contributed by atoms with Crippen LogP contribution >= 0.6 is 27.7 Å². The molecule has 0 bridgehead atoms. The molecule has 3 N–H and O–H groups in total. The number of halogens is 3. The van der Waals surface area contributed by atoms with E-state index in [1.54, 1.807) is 24.3 Å². The molecular formula is C13H12BrF2N3S. The third kappa shape index (κ3) is 3.40. The lowest BCUT2D eigenvalue weighted by atomic mass is 10.2. The number of hydrogen-bond acceptors (Lipinski definition) is 4. The largest absolute Gasteiger partial charge is 0.397 e. The molecule has 3 nitrogen and oxygen atoms in total. The van der Waals surface area contributed by atoms with Gasteiger partial charge in [-0.1, -0.05) is 23.9 Å². The van der Waals surface area contributed by atoms with Gasteiger partial charge in [0.2, 0.25) is 0 Å². The normalized spacial score (nSPS) is 10.8. The molecule has 0 spiro atoms. The molecule has 0 amide bonds. The van der Waals surface area contributed by atoms with Gasteiger partial charge in [-0.2, -0.15) is 8.78 Å². The smallest absolute Gasteiger partial charge is 0.288 e. The number of alkyl halides is 2. The number of pyridine rings is 1. The molecule has 2 rings (SSSR count). The number of rotatable bonds is 4. The van der Waals surface area contributed by atoms with Gasteiger partial charge in [-0.15, -0.1) is 0 Å². The first-order valence-corrected chi connectivity index (χ1v) is 7.37. The van der Waals surface area contributed by atoms with Crippen molar-refractivity contribution < 1.29 is 8.78 Å². The minimum Gasteiger partial charge on any atom is -0.397 e. The molecule has 0 saturated heterocycles. The highest BCUT2D eigenvalue weighted by atomic mass is 79.9. The quantitative estimate of drug-likeness (QED) is 0.770. The van der Waals surface area contributed by atoms with Crippen molar-refractivity contribution in [2.45, 2.75) is 17.6 Å². The number of para-hydroxylation sites is 1. The van der Waals surface area contributed by atoms with Crippen molar-refractivity contribution in [2.75, 3.05) is 11.1 Å². The summed E-state index contributed by atoms with van der Waals surface area (Å²) in [7, 11) is 0. The summed E-state index contributed by atoms with van der Waals surface area (Å²) >= 11 is 3.90. The number of thioether (sulfide) groups is 1. The van der Waals surface area contributed by atoms with Crippen molar-refractivity contribution in [1.82, 2.24) is 4.98 Å². The minimum atomic E-state index is -2.47. The standard InChI is InChI=1S/C13H12BrF2N3S/c1-7-8(17)6-18-12(11(7)14)19-9-4-2-3-5-10(9)20-13(15)16/h2-6,13H,17H2,1H3,(H,18,19). The highest BCUT2D eigenvalue weighted by Crippen LogP contribution is 2.35. The van der Waals surface area contributed by atoms with Gasteiger partial charge in [-0.3, -0.25) is 0 Å². The van der Waals surface area contributed by atoms with Crippen LogP contribution in [0.3, 0.4) is 0 Å². The predicted octanol–water partition coefficient (Wildman–Crippen LogP) is 4.79. The number of benzene rings is 1. The van der Waals surface area contributed by atoms with Crippen molar-refractivity contribution in [1.29, 1.82) is 0 Å². The predicted molar refractivity (Wildman–Crippen MR) is 82.7 cm³/mol. The fraction of sp³-hybridized carbons (Fsp3) is 0.154. The molecule has 20 heavy (non-hydrogen) atoms. The molecule has 0 saturated carbocycles. The van der Waals surface area contributed by atoms with Crippen LogP contribution in [0.1, 0.15) is 5.56 Å². The zero-order valence-electron chi connectivity index (χ0n) is 10.5. The van der Waals surface area contributed by atoms with E-state index in [1.807, 2.05) is 6.92 Å². The summed E-state index contributed by atoms with van der Waals surface area (Å²) in [5.74, 6) is -1.93. The van der Waals surface area contributed by atoms with Gasteiger partial charge in [-0.05, 0) is 40.5 Å². The fourth-order valence-corrected chi connectivity index (χ4v) is 2.60. The van der Waals surface area contributed by atoms with Gasteiger partial charge < -0.3 is 11.1 Å². The average molecular weight is 360 g/mol. The molecule has 0 aliphatic carbocycles. The first-order valence-electron chi connectivity index (χ1n) is 5.70. The Bertz CT molecular complexity index is 623. The number of nitrogens with two attached hydrogens (primary N) is 1. The Balaban J connectivity index is 2.33. The second-order valence-electron chi connectivity index (χ2n) is 4.00. The van der Waals surface area contributed by atoms with E-state index in [4.69, 9.17) is 5.73 Å². The fourth-order valence-electron chi connectivity index (χ4n) is 1.58. The molecule has 106 valence electrons. The van der Waals surface area contributed by atoms with Crippen molar-refractivity contribution in [3.63, 3.8) is 0 Å². The van der Waals surface area contributed by atoms with E-state index in [2.05, 4.69) is 26.2 Å². The third-order valence-corrected chi connectivity index (χ3v) is 4.42. The Morgan fingerprint density at radius 3 is 2.75 bits per heavy atom. The summed E-state index contributed by atoms with van der Waals surface area (Å²) in [6.45, 7) is 1.85. The summed E-state index contributed by atoms with van der Waals surface area (Å²) < 4.78 is 25.8. The van der Waals surface area contributed by atoms with Crippen LogP contribution in [0.5, 0.6) is 0 Å². The summed E-state index contributed by atoms with van der Waals surface area (Å²) in [4.78, 5) is 4.64. The van der Waals surface area contributed by atoms with E-state index in [0.29, 0.717) is 38.3 Å². The number of nitrogens with zero attached hydrogens (tertiary/aromatic N) is 1. The van der Waals surface area contributed by atoms with Crippen LogP contribution in [-0.4, -0.2) is 10.7 Å². The molecule has 0 aliphatic heterocycles. The average Bonchev–Trinajstić information content (AvgIpc) is 2.41. The van der Waals surface area contributed by atoms with Crippen LogP contribution < -0.4 is 11.1 Å². The molecule has 0 radical (unpaired) electrons. The number of aromatic nitrogens is 1. The van der Waals surface area contributed by atoms with Crippen LogP contribution in [0.2, 0.25) is 0 Å². The van der Waals surface area contributed by atoms with Crippen molar-refractivity contribution >= 4 is 44.9 Å². The SMILES string of the molecule is Cc1c(N)cnc(Nc2ccccc2SC(F)F)c1Br. The Morgan fingerprint density at radius 2 is 2.05 bits per heavy atom. The van der Waals surface area contributed by atoms with Gasteiger partial charge >= 0.3 is 0 Å². The second-order valence-corrected chi connectivity index (χ2v) is 5.83. The van der Waals surface area contributed by atoms with Crippen molar-refractivity contribution in [3.05, 3.63) is 40.5 Å². The lowest BCUT2D eigenvalue weighted by Gasteiger charge is -2.13. The molecular weight excluding hydrogens is 348 g/mol. The van der Waals surface area contributed by atoms with Crippen LogP contribution in [0.25, 0.3) is 0 Å². The van der Waals surface area contributed by atoms with Gasteiger partial charge in [-0.25, -0.2) is 4.98 Å². The second kappa shape index (κ2) is 6.41. The van der Waals surface area contributed by atoms with E-state index >= 15 is 0 Å².